The molecular formula is C18H15F2N3. The maximum atomic E-state index is 13.7. The number of nitrogens with zero attached hydrogens (tertiary/aromatic N) is 2. The highest BCUT2D eigenvalue weighted by molar-refractivity contribution is 5.92. The number of fused-ring (bicyclic) bond motifs is 2. The van der Waals surface area contributed by atoms with Crippen molar-refractivity contribution in [1.82, 2.24) is 4.98 Å². The quantitative estimate of drug-likeness (QED) is 0.747. The topological polar surface area (TPSA) is 42.1 Å². The third-order valence-electron chi connectivity index (χ3n) is 4.32. The van der Waals surface area contributed by atoms with Gasteiger partial charge in [0.15, 0.2) is 11.6 Å². The monoisotopic (exact) mass is 311 g/mol. The molecule has 0 saturated heterocycles. The molecule has 1 aromatic heterocycles. The van der Waals surface area contributed by atoms with E-state index in [1.165, 1.54) is 12.1 Å². The Morgan fingerprint density at radius 3 is 2.74 bits per heavy atom. The van der Waals surface area contributed by atoms with Crippen LogP contribution >= 0.6 is 0 Å². The molecular weight excluding hydrogens is 296 g/mol. The Hall–Kier alpha value is -2.53. The molecule has 1 aliphatic rings. The largest absolute Gasteiger partial charge is 0.350 e. The van der Waals surface area contributed by atoms with E-state index in [1.807, 2.05) is 29.2 Å². The number of benzene rings is 2. The smallest absolute Gasteiger partial charge is 0.159 e. The van der Waals surface area contributed by atoms with Crippen LogP contribution in [0.25, 0.3) is 10.8 Å². The van der Waals surface area contributed by atoms with Crippen LogP contribution in [0, 0.1) is 11.6 Å². The van der Waals surface area contributed by atoms with E-state index in [0.29, 0.717) is 29.7 Å². The number of rotatable bonds is 1. The average Bonchev–Trinajstić information content (AvgIpc) is 2.55. The van der Waals surface area contributed by atoms with Gasteiger partial charge in [-0.25, -0.2) is 13.8 Å². The van der Waals surface area contributed by atoms with Crippen LogP contribution in [0.5, 0.6) is 0 Å². The first kappa shape index (κ1) is 14.1. The van der Waals surface area contributed by atoms with Crippen LogP contribution < -0.4 is 10.6 Å². The lowest BCUT2D eigenvalue weighted by Gasteiger charge is -2.34. The maximum absolute atomic E-state index is 13.7. The Bertz CT molecular complexity index is 895. The molecule has 0 amide bonds. The Labute approximate surface area is 132 Å². The average molecular weight is 311 g/mol. The van der Waals surface area contributed by atoms with Crippen molar-refractivity contribution in [1.29, 1.82) is 0 Å². The van der Waals surface area contributed by atoms with Crippen molar-refractivity contribution >= 4 is 16.6 Å². The van der Waals surface area contributed by atoms with Gasteiger partial charge in [-0.3, -0.25) is 0 Å². The fourth-order valence-electron chi connectivity index (χ4n) is 3.21. The lowest BCUT2D eigenvalue weighted by atomic mass is 9.96. The predicted octanol–water partition coefficient (Wildman–Crippen LogP) is 3.53. The van der Waals surface area contributed by atoms with Crippen molar-refractivity contribution < 1.29 is 8.78 Å². The summed E-state index contributed by atoms with van der Waals surface area (Å²) in [7, 11) is 0. The SMILES string of the molecule is NC1CN(c2nccc3cc(F)c(F)cc23)Cc2ccccc21. The van der Waals surface area contributed by atoms with Crippen LogP contribution in [0.1, 0.15) is 17.2 Å². The second kappa shape index (κ2) is 5.28. The Morgan fingerprint density at radius 1 is 1.09 bits per heavy atom. The van der Waals surface area contributed by atoms with Crippen LogP contribution in [0.15, 0.2) is 48.7 Å². The molecule has 2 N–H and O–H groups in total. The molecule has 0 spiro atoms. The molecule has 4 rings (SSSR count). The van der Waals surface area contributed by atoms with E-state index >= 15 is 0 Å². The summed E-state index contributed by atoms with van der Waals surface area (Å²) < 4.78 is 27.1. The summed E-state index contributed by atoms with van der Waals surface area (Å²) in [4.78, 5) is 6.41. The van der Waals surface area contributed by atoms with Gasteiger partial charge in [-0.1, -0.05) is 24.3 Å². The molecule has 1 atom stereocenters. The number of pyridine rings is 1. The fraction of sp³-hybridized carbons (Fsp3) is 0.167. The summed E-state index contributed by atoms with van der Waals surface area (Å²) >= 11 is 0. The number of halogens is 2. The molecule has 0 fully saturated rings. The standard InChI is InChI=1S/C18H15F2N3/c19-15-7-11-5-6-22-18(14(11)8-16(15)20)23-9-12-3-1-2-4-13(12)17(21)10-23/h1-8,17H,9-10,21H2. The van der Waals surface area contributed by atoms with Crippen molar-refractivity contribution in [3.63, 3.8) is 0 Å². The van der Waals surface area contributed by atoms with Gasteiger partial charge >= 0.3 is 0 Å². The molecule has 5 heteroatoms. The minimum absolute atomic E-state index is 0.137. The second-order valence-corrected chi connectivity index (χ2v) is 5.81. The minimum atomic E-state index is -0.867. The van der Waals surface area contributed by atoms with E-state index < -0.39 is 11.6 Å². The molecule has 3 aromatic rings. The molecule has 1 unspecified atom stereocenters. The molecule has 23 heavy (non-hydrogen) atoms. The second-order valence-electron chi connectivity index (χ2n) is 5.81. The van der Waals surface area contributed by atoms with Gasteiger partial charge < -0.3 is 10.6 Å². The molecule has 1 aliphatic heterocycles. The van der Waals surface area contributed by atoms with Gasteiger partial charge in [0.2, 0.25) is 0 Å². The summed E-state index contributed by atoms with van der Waals surface area (Å²) in [5, 5.41) is 1.22. The van der Waals surface area contributed by atoms with Crippen LogP contribution in [0.4, 0.5) is 14.6 Å². The Morgan fingerprint density at radius 2 is 1.87 bits per heavy atom. The summed E-state index contributed by atoms with van der Waals surface area (Å²) in [5.74, 6) is -1.09. The maximum Gasteiger partial charge on any atom is 0.159 e. The molecule has 3 nitrogen and oxygen atoms in total. The minimum Gasteiger partial charge on any atom is -0.350 e. The third-order valence-corrected chi connectivity index (χ3v) is 4.32. The van der Waals surface area contributed by atoms with Gasteiger partial charge in [-0.15, -0.1) is 0 Å². The summed E-state index contributed by atoms with van der Waals surface area (Å²) in [5.41, 5.74) is 8.53. The zero-order valence-corrected chi connectivity index (χ0v) is 12.3. The van der Waals surface area contributed by atoms with E-state index in [2.05, 4.69) is 4.98 Å². The van der Waals surface area contributed by atoms with E-state index in [0.717, 1.165) is 11.1 Å². The molecule has 0 bridgehead atoms. The Balaban J connectivity index is 1.83. The lowest BCUT2D eigenvalue weighted by Crippen LogP contribution is -2.37. The first-order valence-electron chi connectivity index (χ1n) is 7.45. The highest BCUT2D eigenvalue weighted by Crippen LogP contribution is 2.32. The fourth-order valence-corrected chi connectivity index (χ4v) is 3.21. The van der Waals surface area contributed by atoms with Crippen molar-refractivity contribution in [3.05, 3.63) is 71.4 Å². The van der Waals surface area contributed by atoms with Gasteiger partial charge in [-0.2, -0.15) is 0 Å². The van der Waals surface area contributed by atoms with Gasteiger partial charge in [0.25, 0.3) is 0 Å². The molecule has 2 aromatic carbocycles. The number of anilines is 1. The van der Waals surface area contributed by atoms with Crippen LogP contribution in [-0.4, -0.2) is 11.5 Å². The Kier molecular flexibility index (Phi) is 3.23. The van der Waals surface area contributed by atoms with E-state index in [4.69, 9.17) is 5.73 Å². The van der Waals surface area contributed by atoms with E-state index in [9.17, 15) is 8.78 Å². The number of nitrogens with two attached hydrogens (primary N) is 1. The molecule has 2 heterocycles. The first-order chi connectivity index (χ1) is 11.1. The van der Waals surface area contributed by atoms with Crippen LogP contribution in [-0.2, 0) is 6.54 Å². The number of hydrogen-bond donors (Lipinski definition) is 1. The lowest BCUT2D eigenvalue weighted by molar-refractivity contribution is 0.511. The zero-order valence-electron chi connectivity index (χ0n) is 12.3. The molecule has 116 valence electrons. The van der Waals surface area contributed by atoms with Gasteiger partial charge in [-0.05, 0) is 34.7 Å². The zero-order chi connectivity index (χ0) is 16.0. The van der Waals surface area contributed by atoms with E-state index in [-0.39, 0.29) is 6.04 Å². The van der Waals surface area contributed by atoms with Crippen molar-refractivity contribution in [2.75, 3.05) is 11.4 Å². The van der Waals surface area contributed by atoms with Gasteiger partial charge in [0.1, 0.15) is 5.82 Å². The third kappa shape index (κ3) is 2.33. The molecule has 0 radical (unpaired) electrons. The van der Waals surface area contributed by atoms with Crippen molar-refractivity contribution in [2.45, 2.75) is 12.6 Å². The highest BCUT2D eigenvalue weighted by Gasteiger charge is 2.24. The number of aromatic nitrogens is 1. The van der Waals surface area contributed by atoms with Gasteiger partial charge in [0.05, 0.1) is 0 Å². The predicted molar refractivity (Wildman–Crippen MR) is 86.1 cm³/mol. The summed E-state index contributed by atoms with van der Waals surface area (Å²) in [6.07, 6.45) is 1.61. The number of hydrogen-bond acceptors (Lipinski definition) is 3. The normalized spacial score (nSPS) is 17.3. The highest BCUT2D eigenvalue weighted by atomic mass is 19.2. The molecule has 0 saturated carbocycles. The summed E-state index contributed by atoms with van der Waals surface area (Å²) in [6.45, 7) is 1.23. The van der Waals surface area contributed by atoms with E-state index in [1.54, 1.807) is 12.3 Å². The van der Waals surface area contributed by atoms with Crippen molar-refractivity contribution in [3.8, 4) is 0 Å². The van der Waals surface area contributed by atoms with Gasteiger partial charge in [0, 0.05) is 30.7 Å². The first-order valence-corrected chi connectivity index (χ1v) is 7.45. The van der Waals surface area contributed by atoms with Crippen molar-refractivity contribution in [2.24, 2.45) is 5.73 Å². The molecule has 0 aliphatic carbocycles. The summed E-state index contributed by atoms with van der Waals surface area (Å²) in [6, 6.07) is 12.0. The van der Waals surface area contributed by atoms with Crippen LogP contribution in [0.2, 0.25) is 0 Å². The van der Waals surface area contributed by atoms with Crippen LogP contribution in [0.3, 0.4) is 0 Å².